The van der Waals surface area contributed by atoms with Gasteiger partial charge in [-0.05, 0) is 47.9 Å². The normalized spacial score (nSPS) is 10.8. The Morgan fingerprint density at radius 3 is 2.42 bits per heavy atom. The Labute approximate surface area is 145 Å². The van der Waals surface area contributed by atoms with E-state index in [1.54, 1.807) is 0 Å². The van der Waals surface area contributed by atoms with E-state index in [-0.39, 0.29) is 5.91 Å². The minimum atomic E-state index is 0.0911. The van der Waals surface area contributed by atoms with Crippen LogP contribution in [0.4, 0.5) is 5.69 Å². The summed E-state index contributed by atoms with van der Waals surface area (Å²) < 4.78 is 0. The zero-order chi connectivity index (χ0) is 17.4. The van der Waals surface area contributed by atoms with E-state index in [9.17, 15) is 4.79 Å². The van der Waals surface area contributed by atoms with Gasteiger partial charge in [0.2, 0.25) is 5.91 Å². The molecule has 24 heavy (non-hydrogen) atoms. The Hall–Kier alpha value is -2.29. The first-order valence-corrected chi connectivity index (χ1v) is 8.75. The van der Waals surface area contributed by atoms with Gasteiger partial charge in [0.25, 0.3) is 0 Å². The van der Waals surface area contributed by atoms with Crippen LogP contribution in [0.3, 0.4) is 0 Å². The van der Waals surface area contributed by atoms with E-state index in [0.717, 1.165) is 30.6 Å². The van der Waals surface area contributed by atoms with Crippen molar-refractivity contribution in [3.05, 3.63) is 65.2 Å². The van der Waals surface area contributed by atoms with Gasteiger partial charge in [-0.25, -0.2) is 0 Å². The molecule has 0 heterocycles. The number of amides is 1. The smallest absolute Gasteiger partial charge is 0.220 e. The summed E-state index contributed by atoms with van der Waals surface area (Å²) in [5.41, 5.74) is 10.4. The number of hydrogen-bond acceptors (Lipinski definition) is 2. The van der Waals surface area contributed by atoms with Gasteiger partial charge in [0.15, 0.2) is 0 Å². The number of nitrogens with one attached hydrogen (secondary N) is 1. The van der Waals surface area contributed by atoms with Crippen molar-refractivity contribution in [1.29, 1.82) is 0 Å². The monoisotopic (exact) mass is 324 g/mol. The van der Waals surface area contributed by atoms with Crippen molar-refractivity contribution in [1.82, 2.24) is 5.32 Å². The van der Waals surface area contributed by atoms with Gasteiger partial charge >= 0.3 is 0 Å². The number of carbonyl (C=O) groups is 1. The summed E-state index contributed by atoms with van der Waals surface area (Å²) in [5.74, 6) is 0.658. The highest BCUT2D eigenvalue weighted by Gasteiger charge is 2.04. The summed E-state index contributed by atoms with van der Waals surface area (Å²) in [6.07, 6.45) is 3.12. The van der Waals surface area contributed by atoms with Crippen LogP contribution in [0.5, 0.6) is 0 Å². The Bertz CT molecular complexity index is 647. The van der Waals surface area contributed by atoms with Gasteiger partial charge in [-0.3, -0.25) is 4.79 Å². The maximum Gasteiger partial charge on any atom is 0.220 e. The zero-order valence-electron chi connectivity index (χ0n) is 14.7. The van der Waals surface area contributed by atoms with Crippen LogP contribution in [0.25, 0.3) is 0 Å². The molecule has 0 spiro atoms. The van der Waals surface area contributed by atoms with E-state index in [1.165, 1.54) is 11.1 Å². The van der Waals surface area contributed by atoms with Crippen LogP contribution in [0.15, 0.2) is 48.5 Å². The molecule has 0 aliphatic rings. The molecule has 2 aromatic rings. The lowest BCUT2D eigenvalue weighted by Gasteiger charge is -2.08. The molecule has 0 atom stereocenters. The zero-order valence-corrected chi connectivity index (χ0v) is 14.7. The Kier molecular flexibility index (Phi) is 6.86. The van der Waals surface area contributed by atoms with Crippen molar-refractivity contribution < 1.29 is 4.79 Å². The highest BCUT2D eigenvalue weighted by atomic mass is 16.1. The van der Waals surface area contributed by atoms with Crippen molar-refractivity contribution in [2.75, 3.05) is 12.3 Å². The van der Waals surface area contributed by atoms with Crippen LogP contribution in [0, 0.1) is 0 Å². The van der Waals surface area contributed by atoms with E-state index in [2.05, 4.69) is 43.4 Å². The lowest BCUT2D eigenvalue weighted by atomic mass is 10.0. The first kappa shape index (κ1) is 18.1. The molecule has 0 aliphatic carbocycles. The molecule has 1 amide bonds. The molecule has 3 N–H and O–H groups in total. The largest absolute Gasteiger partial charge is 0.399 e. The molecule has 3 nitrogen and oxygen atoms in total. The number of rotatable bonds is 8. The molecule has 0 radical (unpaired) electrons. The third-order valence-electron chi connectivity index (χ3n) is 4.29. The molecular formula is C21H28N2O. The average Bonchev–Trinajstić information content (AvgIpc) is 2.58. The van der Waals surface area contributed by atoms with Crippen molar-refractivity contribution in [2.45, 2.75) is 45.4 Å². The van der Waals surface area contributed by atoms with Gasteiger partial charge in [0.05, 0.1) is 0 Å². The fraction of sp³-hybridized carbons (Fsp3) is 0.381. The standard InChI is InChI=1S/C21H28N2O/c1-16(2)18-11-9-17(10-12-18)6-5-15-23-21(24)14-13-19-7-3-4-8-20(19)22/h3-4,7-12,16H,5-6,13-15,22H2,1-2H3,(H,23,24). The lowest BCUT2D eigenvalue weighted by molar-refractivity contribution is -0.121. The van der Waals surface area contributed by atoms with E-state index >= 15 is 0 Å². The second kappa shape index (κ2) is 9.11. The number of para-hydroxylation sites is 1. The highest BCUT2D eigenvalue weighted by molar-refractivity contribution is 5.76. The predicted molar refractivity (Wildman–Crippen MR) is 101 cm³/mol. The van der Waals surface area contributed by atoms with E-state index in [4.69, 9.17) is 5.73 Å². The quantitative estimate of drug-likeness (QED) is 0.568. The lowest BCUT2D eigenvalue weighted by Crippen LogP contribution is -2.25. The number of aryl methyl sites for hydroxylation is 2. The van der Waals surface area contributed by atoms with Gasteiger partial charge in [0, 0.05) is 18.7 Å². The summed E-state index contributed by atoms with van der Waals surface area (Å²) in [6, 6.07) is 16.5. The molecule has 0 saturated heterocycles. The van der Waals surface area contributed by atoms with Gasteiger partial charge in [-0.1, -0.05) is 56.3 Å². The van der Waals surface area contributed by atoms with Gasteiger partial charge in [0.1, 0.15) is 0 Å². The number of nitrogen functional groups attached to an aromatic ring is 1. The second-order valence-corrected chi connectivity index (χ2v) is 6.55. The molecule has 0 aromatic heterocycles. The summed E-state index contributed by atoms with van der Waals surface area (Å²) in [7, 11) is 0. The average molecular weight is 324 g/mol. The predicted octanol–water partition coefficient (Wildman–Crippen LogP) is 4.07. The molecule has 2 rings (SSSR count). The minimum Gasteiger partial charge on any atom is -0.399 e. The fourth-order valence-electron chi connectivity index (χ4n) is 2.69. The number of nitrogens with two attached hydrogens (primary N) is 1. The maximum absolute atomic E-state index is 11.9. The molecular weight excluding hydrogens is 296 g/mol. The first-order chi connectivity index (χ1) is 11.6. The molecule has 0 bridgehead atoms. The van der Waals surface area contributed by atoms with Crippen molar-refractivity contribution in [3.63, 3.8) is 0 Å². The number of benzene rings is 2. The van der Waals surface area contributed by atoms with Gasteiger partial charge in [-0.15, -0.1) is 0 Å². The minimum absolute atomic E-state index is 0.0911. The highest BCUT2D eigenvalue weighted by Crippen LogP contribution is 2.15. The third-order valence-corrected chi connectivity index (χ3v) is 4.29. The molecule has 3 heteroatoms. The summed E-state index contributed by atoms with van der Waals surface area (Å²) >= 11 is 0. The van der Waals surface area contributed by atoms with Crippen LogP contribution in [-0.4, -0.2) is 12.5 Å². The van der Waals surface area contributed by atoms with Crippen LogP contribution < -0.4 is 11.1 Å². The third kappa shape index (κ3) is 5.73. The Morgan fingerprint density at radius 2 is 1.75 bits per heavy atom. The summed E-state index contributed by atoms with van der Waals surface area (Å²) in [6.45, 7) is 5.12. The van der Waals surface area contributed by atoms with E-state index in [1.807, 2.05) is 24.3 Å². The number of hydrogen-bond donors (Lipinski definition) is 2. The first-order valence-electron chi connectivity index (χ1n) is 8.75. The second-order valence-electron chi connectivity index (χ2n) is 6.55. The molecule has 0 saturated carbocycles. The Balaban J connectivity index is 1.65. The van der Waals surface area contributed by atoms with Crippen molar-refractivity contribution in [2.24, 2.45) is 0 Å². The van der Waals surface area contributed by atoms with Gasteiger partial charge in [-0.2, -0.15) is 0 Å². The fourth-order valence-corrected chi connectivity index (χ4v) is 2.69. The number of anilines is 1. The molecule has 128 valence electrons. The van der Waals surface area contributed by atoms with Crippen LogP contribution in [-0.2, 0) is 17.6 Å². The van der Waals surface area contributed by atoms with Gasteiger partial charge < -0.3 is 11.1 Å². The summed E-state index contributed by atoms with van der Waals surface area (Å²) in [5, 5.41) is 2.99. The van der Waals surface area contributed by atoms with Crippen molar-refractivity contribution in [3.8, 4) is 0 Å². The molecule has 0 aliphatic heterocycles. The maximum atomic E-state index is 11.9. The Morgan fingerprint density at radius 1 is 1.04 bits per heavy atom. The van der Waals surface area contributed by atoms with E-state index < -0.39 is 0 Å². The van der Waals surface area contributed by atoms with Crippen molar-refractivity contribution >= 4 is 11.6 Å². The topological polar surface area (TPSA) is 55.1 Å². The molecule has 0 fully saturated rings. The molecule has 0 unspecified atom stereocenters. The SMILES string of the molecule is CC(C)c1ccc(CCCNC(=O)CCc2ccccc2N)cc1. The summed E-state index contributed by atoms with van der Waals surface area (Å²) in [4.78, 5) is 11.9. The number of carbonyl (C=O) groups excluding carboxylic acids is 1. The molecule has 2 aromatic carbocycles. The van der Waals surface area contributed by atoms with Crippen LogP contribution in [0.1, 0.15) is 49.3 Å². The van der Waals surface area contributed by atoms with Crippen LogP contribution in [0.2, 0.25) is 0 Å². The van der Waals surface area contributed by atoms with E-state index in [0.29, 0.717) is 18.8 Å². The van der Waals surface area contributed by atoms with Crippen LogP contribution >= 0.6 is 0 Å².